The number of fused-ring (bicyclic) bond motifs is 2. The van der Waals surface area contributed by atoms with Crippen LogP contribution in [0.5, 0.6) is 0 Å². The summed E-state index contributed by atoms with van der Waals surface area (Å²) in [4.78, 5) is 4.88. The van der Waals surface area contributed by atoms with Crippen molar-refractivity contribution in [2.24, 2.45) is 0 Å². The highest BCUT2D eigenvalue weighted by Gasteiger charge is 2.24. The lowest BCUT2D eigenvalue weighted by Crippen LogP contribution is -2.16. The van der Waals surface area contributed by atoms with Gasteiger partial charge in [-0.2, -0.15) is 0 Å². The number of hydrogen-bond acceptors (Lipinski definition) is 2. The lowest BCUT2D eigenvalue weighted by molar-refractivity contribution is 0.312. The smallest absolute Gasteiger partial charge is 0.0243 e. The fraction of sp³-hybridized carbons (Fsp3) is 0.375. The Morgan fingerprint density at radius 1 is 0.750 bits per heavy atom. The monoisotopic (exact) mass is 312 g/mol. The summed E-state index contributed by atoms with van der Waals surface area (Å²) in [5, 5.41) is 0. The molecule has 2 aliphatic heterocycles. The Morgan fingerprint density at radius 3 is 1.30 bits per heavy atom. The summed E-state index contributed by atoms with van der Waals surface area (Å²) in [5.41, 5.74) is 6.04. The predicted molar refractivity (Wildman–Crippen MR) is 89.6 cm³/mol. The molecule has 0 unspecified atom stereocenters. The van der Waals surface area contributed by atoms with Crippen molar-refractivity contribution < 1.29 is 0 Å². The van der Waals surface area contributed by atoms with E-state index in [1.807, 2.05) is 12.2 Å². The molecule has 0 fully saturated rings. The molecule has 1 aromatic rings. The van der Waals surface area contributed by atoms with Crippen LogP contribution in [-0.4, -0.2) is 22.9 Å². The second-order valence-electron chi connectivity index (χ2n) is 5.31. The molecule has 0 saturated carbocycles. The van der Waals surface area contributed by atoms with Gasteiger partial charge in [0, 0.05) is 39.3 Å². The summed E-state index contributed by atoms with van der Waals surface area (Å²) in [7, 11) is 0. The minimum absolute atomic E-state index is 0. The van der Waals surface area contributed by atoms with E-state index in [2.05, 4.69) is 35.1 Å². The summed E-state index contributed by atoms with van der Waals surface area (Å²) < 4.78 is 0. The number of halogens is 2. The van der Waals surface area contributed by atoms with E-state index in [0.717, 1.165) is 39.3 Å². The number of nitrogens with zero attached hydrogens (tertiary/aromatic N) is 2. The Hall–Kier alpha value is -0.800. The lowest BCUT2D eigenvalue weighted by atomic mass is 10.0. The molecule has 0 atom stereocenters. The van der Waals surface area contributed by atoms with E-state index in [0.29, 0.717) is 0 Å². The molecule has 0 aromatic heterocycles. The van der Waals surface area contributed by atoms with Gasteiger partial charge >= 0.3 is 0 Å². The van der Waals surface area contributed by atoms with Gasteiger partial charge in [-0.25, -0.2) is 0 Å². The van der Waals surface area contributed by atoms with Crippen molar-refractivity contribution in [2.75, 3.05) is 13.1 Å². The molecule has 0 bridgehead atoms. The molecule has 4 heteroatoms. The van der Waals surface area contributed by atoms with E-state index >= 15 is 0 Å². The molecule has 3 rings (SSSR count). The maximum absolute atomic E-state index is 3.82. The maximum atomic E-state index is 3.82. The Bertz CT molecular complexity index is 423. The van der Waals surface area contributed by atoms with Crippen molar-refractivity contribution in [1.29, 1.82) is 0 Å². The first-order valence-electron chi connectivity index (χ1n) is 6.60. The Kier molecular flexibility index (Phi) is 6.28. The predicted octanol–water partition coefficient (Wildman–Crippen LogP) is 3.53. The van der Waals surface area contributed by atoms with E-state index in [4.69, 9.17) is 0 Å². The van der Waals surface area contributed by atoms with E-state index in [1.165, 1.54) is 22.3 Å². The Balaban J connectivity index is 0.000001000. The third-order valence-electron chi connectivity index (χ3n) is 3.87. The molecule has 0 N–H and O–H groups in total. The highest BCUT2D eigenvalue weighted by molar-refractivity contribution is 5.85. The normalized spacial score (nSPS) is 16.8. The summed E-state index contributed by atoms with van der Waals surface area (Å²) in [6.45, 7) is 13.9. The van der Waals surface area contributed by atoms with E-state index < -0.39 is 0 Å². The van der Waals surface area contributed by atoms with Crippen molar-refractivity contribution in [3.8, 4) is 0 Å². The zero-order valence-corrected chi connectivity index (χ0v) is 13.3. The van der Waals surface area contributed by atoms with E-state index in [1.54, 1.807) is 0 Å². The first-order valence-corrected chi connectivity index (χ1v) is 6.60. The van der Waals surface area contributed by atoms with Gasteiger partial charge in [0.25, 0.3) is 0 Å². The summed E-state index contributed by atoms with van der Waals surface area (Å²) in [6.07, 6.45) is 3.98. The fourth-order valence-corrected chi connectivity index (χ4v) is 3.08. The minimum atomic E-state index is 0. The fourth-order valence-electron chi connectivity index (χ4n) is 3.08. The SMILES string of the molecule is C=CCN1Cc2cc3c(cc2C1)CN(CC=C)C3.Cl.Cl. The van der Waals surface area contributed by atoms with Crippen molar-refractivity contribution in [2.45, 2.75) is 26.2 Å². The van der Waals surface area contributed by atoms with Gasteiger partial charge in [-0.3, -0.25) is 9.80 Å². The van der Waals surface area contributed by atoms with Crippen LogP contribution in [0.25, 0.3) is 0 Å². The van der Waals surface area contributed by atoms with Crippen LogP contribution in [0, 0.1) is 0 Å². The molecule has 2 aliphatic rings. The van der Waals surface area contributed by atoms with Crippen molar-refractivity contribution in [3.63, 3.8) is 0 Å². The Morgan fingerprint density at radius 2 is 1.05 bits per heavy atom. The summed E-state index contributed by atoms with van der Waals surface area (Å²) >= 11 is 0. The van der Waals surface area contributed by atoms with E-state index in [9.17, 15) is 0 Å². The molecular weight excluding hydrogens is 291 g/mol. The number of rotatable bonds is 4. The van der Waals surface area contributed by atoms with Crippen LogP contribution in [0.15, 0.2) is 37.4 Å². The third kappa shape index (κ3) is 3.26. The van der Waals surface area contributed by atoms with Crippen LogP contribution < -0.4 is 0 Å². The largest absolute Gasteiger partial charge is 0.291 e. The molecule has 0 spiro atoms. The zero-order valence-electron chi connectivity index (χ0n) is 11.7. The molecule has 20 heavy (non-hydrogen) atoms. The van der Waals surface area contributed by atoms with Gasteiger partial charge in [-0.1, -0.05) is 24.3 Å². The molecular formula is C16H22Cl2N2. The highest BCUT2D eigenvalue weighted by Crippen LogP contribution is 2.30. The van der Waals surface area contributed by atoms with Crippen LogP contribution in [0.1, 0.15) is 22.3 Å². The van der Waals surface area contributed by atoms with Crippen LogP contribution >= 0.6 is 24.8 Å². The minimum Gasteiger partial charge on any atom is -0.291 e. The number of hydrogen-bond donors (Lipinski definition) is 0. The lowest BCUT2D eigenvalue weighted by Gasteiger charge is -2.11. The molecule has 1 aromatic carbocycles. The molecule has 0 saturated heterocycles. The van der Waals surface area contributed by atoms with Gasteiger partial charge < -0.3 is 0 Å². The average Bonchev–Trinajstić information content (AvgIpc) is 2.88. The third-order valence-corrected chi connectivity index (χ3v) is 3.87. The first-order chi connectivity index (χ1) is 8.80. The highest BCUT2D eigenvalue weighted by atomic mass is 35.5. The molecule has 0 amide bonds. The topological polar surface area (TPSA) is 6.48 Å². The van der Waals surface area contributed by atoms with Crippen LogP contribution in [-0.2, 0) is 26.2 Å². The molecule has 0 radical (unpaired) electrons. The van der Waals surface area contributed by atoms with Gasteiger partial charge in [0.15, 0.2) is 0 Å². The standard InChI is InChI=1S/C16H20N2.2ClH/c1-3-5-17-9-13-7-15-11-18(6-4-2)12-16(15)8-14(13)10-17;;/h3-4,7-8H,1-2,5-6,9-12H2;2*1H. The number of benzene rings is 1. The van der Waals surface area contributed by atoms with Crippen molar-refractivity contribution in [1.82, 2.24) is 9.80 Å². The second-order valence-corrected chi connectivity index (χ2v) is 5.31. The second kappa shape index (κ2) is 7.28. The van der Waals surface area contributed by atoms with Gasteiger partial charge in [-0.15, -0.1) is 38.0 Å². The molecule has 0 aliphatic carbocycles. The molecule has 110 valence electrons. The van der Waals surface area contributed by atoms with Crippen molar-refractivity contribution in [3.05, 3.63) is 59.7 Å². The quantitative estimate of drug-likeness (QED) is 0.785. The summed E-state index contributed by atoms with van der Waals surface area (Å²) in [5.74, 6) is 0. The van der Waals surface area contributed by atoms with Crippen LogP contribution in [0.2, 0.25) is 0 Å². The van der Waals surface area contributed by atoms with Gasteiger partial charge in [-0.05, 0) is 22.3 Å². The van der Waals surface area contributed by atoms with Crippen molar-refractivity contribution >= 4 is 24.8 Å². The van der Waals surface area contributed by atoms with Gasteiger partial charge in [0.05, 0.1) is 0 Å². The average molecular weight is 313 g/mol. The van der Waals surface area contributed by atoms with E-state index in [-0.39, 0.29) is 24.8 Å². The molecule has 2 heterocycles. The van der Waals surface area contributed by atoms with Gasteiger partial charge in [0.2, 0.25) is 0 Å². The first kappa shape index (κ1) is 17.3. The summed E-state index contributed by atoms with van der Waals surface area (Å²) in [6, 6.07) is 4.83. The maximum Gasteiger partial charge on any atom is 0.0243 e. The van der Waals surface area contributed by atoms with Crippen LogP contribution in [0.3, 0.4) is 0 Å². The van der Waals surface area contributed by atoms with Crippen LogP contribution in [0.4, 0.5) is 0 Å². The van der Waals surface area contributed by atoms with Gasteiger partial charge in [0.1, 0.15) is 0 Å². The Labute approximate surface area is 134 Å². The molecule has 2 nitrogen and oxygen atoms in total. The zero-order chi connectivity index (χ0) is 12.5.